The molecule has 1 amide bonds. The zero-order chi connectivity index (χ0) is 11.4. The Bertz CT molecular complexity index is 349. The Hall–Kier alpha value is -1.05. The molecule has 0 bridgehead atoms. The molecule has 7 heteroatoms. The Morgan fingerprint density at radius 2 is 2.38 bits per heavy atom. The van der Waals surface area contributed by atoms with Crippen molar-refractivity contribution >= 4 is 17.4 Å². The molecule has 88 valence electrons. The lowest BCUT2D eigenvalue weighted by atomic mass is 9.91. The molecule has 0 atom stereocenters. The summed E-state index contributed by atoms with van der Waals surface area (Å²) >= 11 is 1.13. The summed E-state index contributed by atoms with van der Waals surface area (Å²) in [4.78, 5) is 11.8. The largest absolute Gasteiger partial charge is 0.394 e. The van der Waals surface area contributed by atoms with Crippen molar-refractivity contribution in [2.75, 3.05) is 19.8 Å². The van der Waals surface area contributed by atoms with Crippen molar-refractivity contribution in [3.63, 3.8) is 0 Å². The lowest BCUT2D eigenvalue weighted by molar-refractivity contribution is 0.0124. The Balaban J connectivity index is 2.03. The van der Waals surface area contributed by atoms with E-state index in [-0.39, 0.29) is 12.5 Å². The topological polar surface area (TPSA) is 84.3 Å². The van der Waals surface area contributed by atoms with Gasteiger partial charge in [0.25, 0.3) is 5.91 Å². The molecule has 0 saturated carbocycles. The number of aliphatic hydroxyl groups is 1. The minimum atomic E-state index is -0.570. The van der Waals surface area contributed by atoms with Crippen molar-refractivity contribution in [3.05, 3.63) is 11.1 Å². The first-order chi connectivity index (χ1) is 7.76. The number of aromatic nitrogens is 2. The van der Waals surface area contributed by atoms with E-state index in [1.54, 1.807) is 5.38 Å². The molecule has 0 aliphatic carbocycles. The molecule has 1 aromatic heterocycles. The normalized spacial score (nSPS) is 19.3. The second kappa shape index (κ2) is 4.86. The molecule has 1 aliphatic heterocycles. The van der Waals surface area contributed by atoms with Crippen LogP contribution in [-0.4, -0.2) is 46.0 Å². The molecule has 2 heterocycles. The van der Waals surface area contributed by atoms with Crippen LogP contribution < -0.4 is 5.32 Å². The predicted molar refractivity (Wildman–Crippen MR) is 57.2 cm³/mol. The van der Waals surface area contributed by atoms with E-state index in [4.69, 9.17) is 4.74 Å². The van der Waals surface area contributed by atoms with Gasteiger partial charge in [-0.3, -0.25) is 4.79 Å². The Morgan fingerprint density at radius 3 is 2.94 bits per heavy atom. The number of hydrogen-bond donors (Lipinski definition) is 2. The van der Waals surface area contributed by atoms with Crippen molar-refractivity contribution in [1.29, 1.82) is 0 Å². The van der Waals surface area contributed by atoms with Gasteiger partial charge >= 0.3 is 0 Å². The van der Waals surface area contributed by atoms with E-state index in [1.165, 1.54) is 0 Å². The van der Waals surface area contributed by atoms with Crippen LogP contribution in [0, 0.1) is 0 Å². The quantitative estimate of drug-likeness (QED) is 0.768. The molecule has 1 aliphatic rings. The molecular weight excluding hydrogens is 230 g/mol. The van der Waals surface area contributed by atoms with Crippen LogP contribution in [0.25, 0.3) is 0 Å². The van der Waals surface area contributed by atoms with E-state index < -0.39 is 5.54 Å². The van der Waals surface area contributed by atoms with Gasteiger partial charge in [0, 0.05) is 18.6 Å². The number of nitrogens with one attached hydrogen (secondary N) is 1. The lowest BCUT2D eigenvalue weighted by Gasteiger charge is -2.35. The van der Waals surface area contributed by atoms with Crippen molar-refractivity contribution in [3.8, 4) is 0 Å². The van der Waals surface area contributed by atoms with Crippen LogP contribution in [-0.2, 0) is 4.74 Å². The van der Waals surface area contributed by atoms with Crippen LogP contribution in [0.2, 0.25) is 0 Å². The van der Waals surface area contributed by atoms with Crippen molar-refractivity contribution in [1.82, 2.24) is 14.9 Å². The number of hydrogen-bond acceptors (Lipinski definition) is 6. The lowest BCUT2D eigenvalue weighted by Crippen LogP contribution is -2.54. The van der Waals surface area contributed by atoms with Gasteiger partial charge < -0.3 is 15.2 Å². The van der Waals surface area contributed by atoms with Crippen LogP contribution in [0.5, 0.6) is 0 Å². The third-order valence-corrected chi connectivity index (χ3v) is 3.23. The molecule has 2 N–H and O–H groups in total. The standard InChI is InChI=1S/C9H13N3O3S/c13-6-9(1-3-15-4-2-9)10-8(14)7-5-16-12-11-7/h5,13H,1-4,6H2,(H,10,14). The summed E-state index contributed by atoms with van der Waals surface area (Å²) in [5.41, 5.74) is -0.275. The van der Waals surface area contributed by atoms with Gasteiger partial charge in [-0.1, -0.05) is 4.49 Å². The van der Waals surface area contributed by atoms with Gasteiger partial charge in [-0.2, -0.15) is 0 Å². The Morgan fingerprint density at radius 1 is 1.62 bits per heavy atom. The van der Waals surface area contributed by atoms with E-state index in [0.717, 1.165) is 11.5 Å². The molecule has 6 nitrogen and oxygen atoms in total. The average molecular weight is 243 g/mol. The summed E-state index contributed by atoms with van der Waals surface area (Å²) in [5, 5.41) is 17.5. The number of nitrogens with zero attached hydrogens (tertiary/aromatic N) is 2. The van der Waals surface area contributed by atoms with Gasteiger partial charge in [-0.25, -0.2) is 0 Å². The first-order valence-electron chi connectivity index (χ1n) is 5.04. The number of ether oxygens (including phenoxy) is 1. The smallest absolute Gasteiger partial charge is 0.273 e. The molecular formula is C9H13N3O3S. The van der Waals surface area contributed by atoms with Gasteiger partial charge in [-0.15, -0.1) is 5.10 Å². The van der Waals surface area contributed by atoms with Crippen LogP contribution in [0.4, 0.5) is 0 Å². The fraction of sp³-hybridized carbons (Fsp3) is 0.667. The number of carbonyl (C=O) groups excluding carboxylic acids is 1. The van der Waals surface area contributed by atoms with Crippen molar-refractivity contribution in [2.24, 2.45) is 0 Å². The summed E-state index contributed by atoms with van der Waals surface area (Å²) in [6.45, 7) is 1.02. The van der Waals surface area contributed by atoms with E-state index in [2.05, 4.69) is 14.9 Å². The Labute approximate surface area is 96.8 Å². The third-order valence-electron chi connectivity index (χ3n) is 2.72. The molecule has 2 rings (SSSR count). The van der Waals surface area contributed by atoms with Gasteiger partial charge in [0.2, 0.25) is 0 Å². The number of aliphatic hydroxyl groups excluding tert-OH is 1. The van der Waals surface area contributed by atoms with Crippen LogP contribution in [0.1, 0.15) is 23.3 Å². The van der Waals surface area contributed by atoms with Crippen molar-refractivity contribution in [2.45, 2.75) is 18.4 Å². The molecule has 0 unspecified atom stereocenters. The predicted octanol–water partition coefficient (Wildman–Crippen LogP) is -0.191. The number of carbonyl (C=O) groups is 1. The monoisotopic (exact) mass is 243 g/mol. The molecule has 0 radical (unpaired) electrons. The molecule has 16 heavy (non-hydrogen) atoms. The zero-order valence-corrected chi connectivity index (χ0v) is 9.50. The maximum absolute atomic E-state index is 11.8. The number of amides is 1. The highest BCUT2D eigenvalue weighted by Gasteiger charge is 2.34. The highest BCUT2D eigenvalue weighted by molar-refractivity contribution is 7.03. The second-order valence-corrected chi connectivity index (χ2v) is 4.40. The average Bonchev–Trinajstić information content (AvgIpc) is 2.84. The first-order valence-corrected chi connectivity index (χ1v) is 5.88. The molecule has 1 fully saturated rings. The summed E-state index contributed by atoms with van der Waals surface area (Å²) in [7, 11) is 0. The maximum Gasteiger partial charge on any atom is 0.273 e. The zero-order valence-electron chi connectivity index (χ0n) is 8.68. The summed E-state index contributed by atoms with van der Waals surface area (Å²) in [5.74, 6) is -0.287. The highest BCUT2D eigenvalue weighted by atomic mass is 32.1. The first kappa shape index (κ1) is 11.4. The van der Waals surface area contributed by atoms with Crippen molar-refractivity contribution < 1.29 is 14.6 Å². The van der Waals surface area contributed by atoms with Crippen LogP contribution in [0.3, 0.4) is 0 Å². The number of rotatable bonds is 3. The van der Waals surface area contributed by atoms with E-state index in [0.29, 0.717) is 31.7 Å². The minimum absolute atomic E-state index is 0.0837. The minimum Gasteiger partial charge on any atom is -0.394 e. The highest BCUT2D eigenvalue weighted by Crippen LogP contribution is 2.20. The summed E-state index contributed by atoms with van der Waals surface area (Å²) in [6.07, 6.45) is 1.24. The van der Waals surface area contributed by atoms with E-state index in [9.17, 15) is 9.90 Å². The molecule has 1 aromatic rings. The third kappa shape index (κ3) is 2.37. The Kier molecular flexibility index (Phi) is 3.47. The second-order valence-electron chi connectivity index (χ2n) is 3.80. The fourth-order valence-electron chi connectivity index (χ4n) is 1.65. The maximum atomic E-state index is 11.8. The van der Waals surface area contributed by atoms with E-state index in [1.807, 2.05) is 0 Å². The van der Waals surface area contributed by atoms with Crippen LogP contribution >= 0.6 is 11.5 Å². The molecule has 1 saturated heterocycles. The molecule has 0 aromatic carbocycles. The van der Waals surface area contributed by atoms with Gasteiger partial charge in [0.05, 0.1) is 12.1 Å². The molecule has 0 spiro atoms. The van der Waals surface area contributed by atoms with Gasteiger partial charge in [0.15, 0.2) is 5.69 Å². The van der Waals surface area contributed by atoms with Crippen LogP contribution in [0.15, 0.2) is 5.38 Å². The summed E-state index contributed by atoms with van der Waals surface area (Å²) in [6, 6.07) is 0. The summed E-state index contributed by atoms with van der Waals surface area (Å²) < 4.78 is 8.84. The SMILES string of the molecule is O=C(NC1(CO)CCOCC1)c1csnn1. The van der Waals surface area contributed by atoms with Gasteiger partial charge in [-0.05, 0) is 24.4 Å². The van der Waals surface area contributed by atoms with E-state index >= 15 is 0 Å². The van der Waals surface area contributed by atoms with Gasteiger partial charge in [0.1, 0.15) is 0 Å². The fourth-order valence-corrected chi connectivity index (χ4v) is 2.09.